The van der Waals surface area contributed by atoms with E-state index in [1.54, 1.807) is 19.1 Å². The van der Waals surface area contributed by atoms with E-state index in [1.165, 1.54) is 12.2 Å². The van der Waals surface area contributed by atoms with Crippen molar-refractivity contribution in [3.8, 4) is 6.07 Å². The van der Waals surface area contributed by atoms with E-state index >= 15 is 0 Å². The summed E-state index contributed by atoms with van der Waals surface area (Å²) >= 11 is 0. The lowest BCUT2D eigenvalue weighted by atomic mass is 9.73. The van der Waals surface area contributed by atoms with Gasteiger partial charge >= 0.3 is 12.1 Å². The van der Waals surface area contributed by atoms with Crippen LogP contribution in [0.1, 0.15) is 31.7 Å². The number of rotatable bonds is 7. The minimum Gasteiger partial charge on any atom is -0.480 e. The molecule has 2 N–H and O–H groups in total. The van der Waals surface area contributed by atoms with Crippen molar-refractivity contribution in [1.29, 1.82) is 5.26 Å². The van der Waals surface area contributed by atoms with Gasteiger partial charge in [-0.05, 0) is 24.0 Å². The Labute approximate surface area is 156 Å². The van der Waals surface area contributed by atoms with Gasteiger partial charge in [0.2, 0.25) is 0 Å². The number of nitriles is 1. The summed E-state index contributed by atoms with van der Waals surface area (Å²) in [6, 6.07) is 7.24. The smallest absolute Gasteiger partial charge is 0.405 e. The predicted octanol–water partition coefficient (Wildman–Crippen LogP) is 4.31. The van der Waals surface area contributed by atoms with Gasteiger partial charge in [-0.15, -0.1) is 0 Å². The van der Waals surface area contributed by atoms with E-state index in [9.17, 15) is 28.3 Å². The maximum absolute atomic E-state index is 13.8. The zero-order valence-corrected chi connectivity index (χ0v) is 14.8. The van der Waals surface area contributed by atoms with Crippen LogP contribution in [0.4, 0.5) is 13.2 Å². The maximum Gasteiger partial charge on any atom is 0.405 e. The molecule has 1 aliphatic rings. The van der Waals surface area contributed by atoms with E-state index in [1.807, 2.05) is 30.3 Å². The van der Waals surface area contributed by atoms with Gasteiger partial charge in [-0.25, -0.2) is 0 Å². The van der Waals surface area contributed by atoms with Crippen molar-refractivity contribution in [2.24, 2.45) is 5.41 Å². The van der Waals surface area contributed by atoms with Crippen molar-refractivity contribution in [2.75, 3.05) is 0 Å². The minimum absolute atomic E-state index is 0.0399. The van der Waals surface area contributed by atoms with Gasteiger partial charge in [-0.2, -0.15) is 18.4 Å². The number of halogens is 3. The third kappa shape index (κ3) is 4.77. The highest BCUT2D eigenvalue weighted by atomic mass is 19.4. The van der Waals surface area contributed by atoms with Crippen LogP contribution in [0.3, 0.4) is 0 Å². The largest absolute Gasteiger partial charge is 0.480 e. The molecule has 0 aliphatic heterocycles. The molecule has 1 aromatic rings. The van der Waals surface area contributed by atoms with Crippen molar-refractivity contribution in [2.45, 2.75) is 44.4 Å². The molecule has 2 rings (SSSR count). The highest BCUT2D eigenvalue weighted by Crippen LogP contribution is 2.42. The van der Waals surface area contributed by atoms with Crippen LogP contribution in [0.15, 0.2) is 48.6 Å². The van der Waals surface area contributed by atoms with Crippen LogP contribution in [0.2, 0.25) is 0 Å². The van der Waals surface area contributed by atoms with E-state index in [0.717, 1.165) is 11.1 Å². The van der Waals surface area contributed by atoms with Crippen molar-refractivity contribution >= 4 is 11.5 Å². The Kier molecular flexibility index (Phi) is 6.45. The number of hydrogen-bond donors (Lipinski definition) is 2. The molecular weight excluding hydrogens is 357 g/mol. The molecule has 0 aromatic heterocycles. The fourth-order valence-electron chi connectivity index (χ4n) is 3.16. The van der Waals surface area contributed by atoms with E-state index in [2.05, 4.69) is 5.32 Å². The number of nitrogens with zero attached hydrogens (tertiary/aromatic N) is 1. The molecule has 7 heteroatoms. The van der Waals surface area contributed by atoms with Crippen molar-refractivity contribution in [1.82, 2.24) is 5.32 Å². The summed E-state index contributed by atoms with van der Waals surface area (Å²) < 4.78 is 41.3. The molecule has 0 saturated carbocycles. The molecule has 1 aromatic carbocycles. The number of aliphatic carboxylic acids is 1. The quantitative estimate of drug-likeness (QED) is 0.741. The molecule has 27 heavy (non-hydrogen) atoms. The van der Waals surface area contributed by atoms with Gasteiger partial charge in [0.25, 0.3) is 0 Å². The average molecular weight is 378 g/mol. The van der Waals surface area contributed by atoms with Gasteiger partial charge in [0.1, 0.15) is 17.5 Å². The first kappa shape index (κ1) is 20.7. The average Bonchev–Trinajstić information content (AvgIpc) is 2.64. The van der Waals surface area contributed by atoms with Crippen molar-refractivity contribution in [3.05, 3.63) is 54.1 Å². The number of carbonyl (C=O) groups is 1. The summed E-state index contributed by atoms with van der Waals surface area (Å²) in [5.74, 6) is -1.36. The molecule has 0 spiro atoms. The molecule has 4 nitrogen and oxygen atoms in total. The van der Waals surface area contributed by atoms with Crippen LogP contribution in [0.5, 0.6) is 0 Å². The second-order valence-electron chi connectivity index (χ2n) is 6.54. The number of carboxylic acid groups (broad SMARTS) is 1. The van der Waals surface area contributed by atoms with Crippen LogP contribution in [0, 0.1) is 16.7 Å². The molecule has 0 bridgehead atoms. The van der Waals surface area contributed by atoms with E-state index < -0.39 is 29.6 Å². The Bertz CT molecular complexity index is 766. The molecule has 0 amide bonds. The molecule has 0 heterocycles. The molecule has 0 radical (unpaired) electrons. The lowest BCUT2D eigenvalue weighted by Crippen LogP contribution is -2.58. The maximum atomic E-state index is 13.8. The fraction of sp³-hybridized carbons (Fsp3) is 0.400. The number of nitrogens with one attached hydrogen (secondary N) is 1. The SMILES string of the molecule is CCCC(NC(C(F)(F)F)C1(C#N)C=CC(c2ccccc2)=CC1)C(=O)O. The Morgan fingerprint density at radius 1 is 1.37 bits per heavy atom. The normalized spacial score (nSPS) is 21.8. The summed E-state index contributed by atoms with van der Waals surface area (Å²) in [4.78, 5) is 11.3. The summed E-state index contributed by atoms with van der Waals surface area (Å²) in [6.45, 7) is 1.69. The highest BCUT2D eigenvalue weighted by molar-refractivity contribution is 5.76. The Morgan fingerprint density at radius 3 is 2.48 bits per heavy atom. The summed E-state index contributed by atoms with van der Waals surface area (Å²) in [7, 11) is 0. The Balaban J connectivity index is 2.34. The van der Waals surface area contributed by atoms with E-state index in [0.29, 0.717) is 6.42 Å². The zero-order chi connectivity index (χ0) is 20.1. The van der Waals surface area contributed by atoms with Gasteiger partial charge < -0.3 is 5.11 Å². The Morgan fingerprint density at radius 2 is 2.04 bits per heavy atom. The lowest BCUT2D eigenvalue weighted by Gasteiger charge is -2.37. The van der Waals surface area contributed by atoms with Crippen molar-refractivity contribution in [3.63, 3.8) is 0 Å². The number of benzene rings is 1. The molecule has 0 fully saturated rings. The standard InChI is InChI=1S/C20H21F3N2O2/c1-2-6-16(17(26)27)25-18(20(21,22)23)19(13-24)11-9-15(10-12-19)14-7-4-3-5-8-14/h3-5,7-11,16,18,25H,2,6,12H2,1H3,(H,26,27). The van der Waals surface area contributed by atoms with Gasteiger partial charge in [-0.1, -0.05) is 61.9 Å². The monoisotopic (exact) mass is 378 g/mol. The van der Waals surface area contributed by atoms with Gasteiger partial charge in [-0.3, -0.25) is 10.1 Å². The first-order valence-corrected chi connectivity index (χ1v) is 8.65. The number of carboxylic acids is 1. The number of allylic oxidation sites excluding steroid dienone is 3. The number of alkyl halides is 3. The second kappa shape index (κ2) is 8.40. The van der Waals surface area contributed by atoms with Gasteiger partial charge in [0.05, 0.1) is 6.07 Å². The minimum atomic E-state index is -4.78. The zero-order valence-electron chi connectivity index (χ0n) is 14.8. The molecule has 1 aliphatic carbocycles. The van der Waals surface area contributed by atoms with Crippen molar-refractivity contribution < 1.29 is 23.1 Å². The van der Waals surface area contributed by atoms with Gasteiger partial charge in [0, 0.05) is 0 Å². The van der Waals surface area contributed by atoms with Gasteiger partial charge in [0.15, 0.2) is 0 Å². The highest BCUT2D eigenvalue weighted by Gasteiger charge is 2.54. The fourth-order valence-corrected chi connectivity index (χ4v) is 3.16. The number of hydrogen-bond acceptors (Lipinski definition) is 3. The third-order valence-electron chi connectivity index (χ3n) is 4.62. The predicted molar refractivity (Wildman–Crippen MR) is 95.5 cm³/mol. The first-order valence-electron chi connectivity index (χ1n) is 8.65. The van der Waals surface area contributed by atoms with Crippen LogP contribution >= 0.6 is 0 Å². The first-order chi connectivity index (χ1) is 12.7. The third-order valence-corrected chi connectivity index (χ3v) is 4.62. The van der Waals surface area contributed by atoms with E-state index in [4.69, 9.17) is 0 Å². The topological polar surface area (TPSA) is 73.1 Å². The summed E-state index contributed by atoms with van der Waals surface area (Å²) in [5.41, 5.74) is -0.338. The van der Waals surface area contributed by atoms with E-state index in [-0.39, 0.29) is 12.8 Å². The molecule has 144 valence electrons. The van der Waals surface area contributed by atoms with Crippen LogP contribution in [0.25, 0.3) is 5.57 Å². The molecule has 3 atom stereocenters. The lowest BCUT2D eigenvalue weighted by molar-refractivity contribution is -0.175. The van der Waals surface area contributed by atoms with Crippen LogP contribution in [-0.2, 0) is 4.79 Å². The Hall–Kier alpha value is -2.59. The molecule has 0 saturated heterocycles. The molecule has 3 unspecified atom stereocenters. The van der Waals surface area contributed by atoms with Crippen LogP contribution < -0.4 is 5.32 Å². The molecular formula is C20H21F3N2O2. The summed E-state index contributed by atoms with van der Waals surface area (Å²) in [6.07, 6.45) is -0.169. The van der Waals surface area contributed by atoms with Crippen LogP contribution in [-0.4, -0.2) is 29.3 Å². The summed E-state index contributed by atoms with van der Waals surface area (Å²) in [5, 5.41) is 21.0. The second-order valence-corrected chi connectivity index (χ2v) is 6.54.